The minimum Gasteiger partial charge on any atom is -0.356 e. The van der Waals surface area contributed by atoms with E-state index in [9.17, 15) is 0 Å². The van der Waals surface area contributed by atoms with Gasteiger partial charge in [0.15, 0.2) is 5.76 Å². The molecule has 3 heteroatoms. The van der Waals surface area contributed by atoms with Gasteiger partial charge < -0.3 is 4.52 Å². The van der Waals surface area contributed by atoms with Crippen molar-refractivity contribution in [1.29, 1.82) is 5.26 Å². The summed E-state index contributed by atoms with van der Waals surface area (Å²) in [6.45, 7) is 2.03. The third kappa shape index (κ3) is 2.05. The fourth-order valence-corrected chi connectivity index (χ4v) is 1.33. The van der Waals surface area contributed by atoms with Crippen molar-refractivity contribution in [2.45, 2.75) is 13.3 Å². The Bertz CT molecular complexity index is 491. The number of nitriles is 1. The summed E-state index contributed by atoms with van der Waals surface area (Å²) < 4.78 is 5.14. The molecule has 0 saturated heterocycles. The predicted molar refractivity (Wildman–Crippen MR) is 56.0 cm³/mol. The van der Waals surface area contributed by atoms with Crippen LogP contribution in [0.1, 0.15) is 11.3 Å². The maximum absolute atomic E-state index is 8.50. The molecule has 0 radical (unpaired) electrons. The van der Waals surface area contributed by atoms with Gasteiger partial charge in [0.25, 0.3) is 0 Å². The standard InChI is InChI=1S/C12H10N2O/c1-9-2-4-10(5-3-9)12-8-11(6-7-13)14-15-12/h2-5,8H,6H2,1H3. The van der Waals surface area contributed by atoms with Gasteiger partial charge in [-0.05, 0) is 6.92 Å². The van der Waals surface area contributed by atoms with Gasteiger partial charge in [0.05, 0.1) is 18.2 Å². The van der Waals surface area contributed by atoms with E-state index in [1.807, 2.05) is 37.3 Å². The van der Waals surface area contributed by atoms with Crippen molar-refractivity contribution < 1.29 is 4.52 Å². The fourth-order valence-electron chi connectivity index (χ4n) is 1.33. The fraction of sp³-hybridized carbons (Fsp3) is 0.167. The molecule has 0 amide bonds. The average molecular weight is 198 g/mol. The van der Waals surface area contributed by atoms with Crippen LogP contribution in [-0.2, 0) is 6.42 Å². The molecule has 15 heavy (non-hydrogen) atoms. The minimum atomic E-state index is 0.287. The van der Waals surface area contributed by atoms with Gasteiger partial charge in [-0.15, -0.1) is 0 Å². The second-order valence-electron chi connectivity index (χ2n) is 3.38. The molecule has 1 aromatic heterocycles. The van der Waals surface area contributed by atoms with E-state index in [2.05, 4.69) is 5.16 Å². The molecule has 0 unspecified atom stereocenters. The van der Waals surface area contributed by atoms with Gasteiger partial charge in [-0.2, -0.15) is 5.26 Å². The Labute approximate surface area is 87.9 Å². The lowest BCUT2D eigenvalue weighted by atomic mass is 10.1. The van der Waals surface area contributed by atoms with Crippen LogP contribution in [-0.4, -0.2) is 5.16 Å². The Morgan fingerprint density at radius 1 is 1.33 bits per heavy atom. The van der Waals surface area contributed by atoms with Crippen molar-refractivity contribution in [3.63, 3.8) is 0 Å². The molecule has 2 aromatic rings. The molecule has 1 heterocycles. The zero-order chi connectivity index (χ0) is 10.7. The van der Waals surface area contributed by atoms with E-state index in [4.69, 9.17) is 9.78 Å². The molecule has 0 N–H and O–H groups in total. The van der Waals surface area contributed by atoms with Crippen molar-refractivity contribution in [3.8, 4) is 17.4 Å². The van der Waals surface area contributed by atoms with Gasteiger partial charge in [-0.25, -0.2) is 0 Å². The van der Waals surface area contributed by atoms with Crippen molar-refractivity contribution in [2.75, 3.05) is 0 Å². The maximum Gasteiger partial charge on any atom is 0.167 e. The van der Waals surface area contributed by atoms with Gasteiger partial charge in [0.1, 0.15) is 0 Å². The van der Waals surface area contributed by atoms with Crippen LogP contribution in [0.25, 0.3) is 11.3 Å². The van der Waals surface area contributed by atoms with Gasteiger partial charge in [0.2, 0.25) is 0 Å². The van der Waals surface area contributed by atoms with Crippen LogP contribution in [0.2, 0.25) is 0 Å². The van der Waals surface area contributed by atoms with E-state index in [-0.39, 0.29) is 6.42 Å². The lowest BCUT2D eigenvalue weighted by molar-refractivity contribution is 0.425. The van der Waals surface area contributed by atoms with E-state index in [1.54, 1.807) is 6.07 Å². The molecular formula is C12H10N2O. The van der Waals surface area contributed by atoms with E-state index in [1.165, 1.54) is 5.56 Å². The van der Waals surface area contributed by atoms with Gasteiger partial charge >= 0.3 is 0 Å². The first kappa shape index (κ1) is 9.47. The topological polar surface area (TPSA) is 49.8 Å². The van der Waals surface area contributed by atoms with Gasteiger partial charge in [-0.3, -0.25) is 0 Å². The van der Waals surface area contributed by atoms with Gasteiger partial charge in [0, 0.05) is 11.6 Å². The third-order valence-electron chi connectivity index (χ3n) is 2.16. The number of benzene rings is 1. The number of aryl methyl sites for hydroxylation is 1. The molecule has 74 valence electrons. The smallest absolute Gasteiger partial charge is 0.167 e. The number of hydrogen-bond acceptors (Lipinski definition) is 3. The van der Waals surface area contributed by atoms with Crippen molar-refractivity contribution in [2.24, 2.45) is 0 Å². The Hall–Kier alpha value is -2.08. The number of hydrogen-bond donors (Lipinski definition) is 0. The van der Waals surface area contributed by atoms with Crippen LogP contribution in [0.15, 0.2) is 34.9 Å². The summed E-state index contributed by atoms with van der Waals surface area (Å²) in [6.07, 6.45) is 0.287. The van der Waals surface area contributed by atoms with Gasteiger partial charge in [-0.1, -0.05) is 35.0 Å². The SMILES string of the molecule is Cc1ccc(-c2cc(CC#N)no2)cc1. The van der Waals surface area contributed by atoms with Crippen molar-refractivity contribution in [1.82, 2.24) is 5.16 Å². The molecule has 0 atom stereocenters. The highest BCUT2D eigenvalue weighted by Crippen LogP contribution is 2.20. The molecule has 2 rings (SSSR count). The molecule has 0 saturated carbocycles. The van der Waals surface area contributed by atoms with E-state index >= 15 is 0 Å². The molecule has 0 bridgehead atoms. The van der Waals surface area contributed by atoms with Crippen LogP contribution in [0, 0.1) is 18.3 Å². The zero-order valence-corrected chi connectivity index (χ0v) is 8.40. The normalized spacial score (nSPS) is 9.87. The van der Waals surface area contributed by atoms with Crippen LogP contribution in [0.3, 0.4) is 0 Å². The predicted octanol–water partition coefficient (Wildman–Crippen LogP) is 2.72. The Morgan fingerprint density at radius 3 is 2.73 bits per heavy atom. The zero-order valence-electron chi connectivity index (χ0n) is 8.40. The second kappa shape index (κ2) is 3.97. The third-order valence-corrected chi connectivity index (χ3v) is 2.16. The number of nitrogens with zero attached hydrogens (tertiary/aromatic N) is 2. The van der Waals surface area contributed by atoms with Crippen molar-refractivity contribution >= 4 is 0 Å². The number of rotatable bonds is 2. The summed E-state index contributed by atoms with van der Waals surface area (Å²) in [5.41, 5.74) is 2.86. The minimum absolute atomic E-state index is 0.287. The lowest BCUT2D eigenvalue weighted by Gasteiger charge is -1.95. The molecule has 1 aromatic carbocycles. The molecule has 0 aliphatic rings. The van der Waals surface area contributed by atoms with Crippen LogP contribution < -0.4 is 0 Å². The van der Waals surface area contributed by atoms with E-state index in [0.29, 0.717) is 11.5 Å². The molecule has 0 fully saturated rings. The van der Waals surface area contributed by atoms with Crippen molar-refractivity contribution in [3.05, 3.63) is 41.6 Å². The molecule has 0 aliphatic heterocycles. The quantitative estimate of drug-likeness (QED) is 0.745. The van der Waals surface area contributed by atoms with Crippen LogP contribution in [0.4, 0.5) is 0 Å². The summed E-state index contributed by atoms with van der Waals surface area (Å²) in [6, 6.07) is 11.8. The highest BCUT2D eigenvalue weighted by molar-refractivity contribution is 5.57. The summed E-state index contributed by atoms with van der Waals surface area (Å²) in [5, 5.41) is 12.3. The summed E-state index contributed by atoms with van der Waals surface area (Å²) in [5.74, 6) is 0.709. The van der Waals surface area contributed by atoms with E-state index in [0.717, 1.165) is 5.56 Å². The second-order valence-corrected chi connectivity index (χ2v) is 3.38. The summed E-state index contributed by atoms with van der Waals surface area (Å²) in [4.78, 5) is 0. The lowest BCUT2D eigenvalue weighted by Crippen LogP contribution is -1.77. The highest BCUT2D eigenvalue weighted by atomic mass is 16.5. The largest absolute Gasteiger partial charge is 0.356 e. The summed E-state index contributed by atoms with van der Waals surface area (Å²) >= 11 is 0. The maximum atomic E-state index is 8.50. The highest BCUT2D eigenvalue weighted by Gasteiger charge is 2.05. The Morgan fingerprint density at radius 2 is 2.07 bits per heavy atom. The molecule has 0 spiro atoms. The van der Waals surface area contributed by atoms with Crippen LogP contribution in [0.5, 0.6) is 0 Å². The molecular weight excluding hydrogens is 188 g/mol. The van der Waals surface area contributed by atoms with Crippen LogP contribution >= 0.6 is 0 Å². The Kier molecular flexibility index (Phi) is 2.51. The van der Waals surface area contributed by atoms with E-state index < -0.39 is 0 Å². The first-order chi connectivity index (χ1) is 7.29. The monoisotopic (exact) mass is 198 g/mol. The molecule has 0 aliphatic carbocycles. The first-order valence-corrected chi connectivity index (χ1v) is 4.69. The Balaban J connectivity index is 2.30. The first-order valence-electron chi connectivity index (χ1n) is 4.69. The summed E-state index contributed by atoms with van der Waals surface area (Å²) in [7, 11) is 0. The average Bonchev–Trinajstić information content (AvgIpc) is 2.68. The number of aromatic nitrogens is 1. The molecule has 3 nitrogen and oxygen atoms in total.